The van der Waals surface area contributed by atoms with Crippen LogP contribution in [0.3, 0.4) is 0 Å². The van der Waals surface area contributed by atoms with Crippen LogP contribution in [0, 0.1) is 6.92 Å². The Bertz CT molecular complexity index is 635. The molecule has 0 aliphatic carbocycles. The van der Waals surface area contributed by atoms with Crippen LogP contribution in [0.1, 0.15) is 57.6 Å². The summed E-state index contributed by atoms with van der Waals surface area (Å²) in [4.78, 5) is 18.2. The summed E-state index contributed by atoms with van der Waals surface area (Å²) in [5.74, 6) is -2.61. The van der Waals surface area contributed by atoms with E-state index in [4.69, 9.17) is 29.3 Å². The number of hydrogen-bond donors (Lipinski definition) is 3. The van der Waals surface area contributed by atoms with Crippen molar-refractivity contribution in [1.29, 1.82) is 0 Å². The SMILES string of the molecule is Cc1ccc(OCCCCNCC2CCCO2)c(C(C)(C)C)c1.O=C(O)C(=O)O. The van der Waals surface area contributed by atoms with Crippen LogP contribution in [0.25, 0.3) is 0 Å². The predicted molar refractivity (Wildman–Crippen MR) is 112 cm³/mol. The zero-order valence-corrected chi connectivity index (χ0v) is 18.0. The van der Waals surface area contributed by atoms with Crippen molar-refractivity contribution >= 4 is 11.9 Å². The molecule has 1 unspecified atom stereocenters. The molecule has 1 aliphatic rings. The van der Waals surface area contributed by atoms with Gasteiger partial charge in [-0.25, -0.2) is 9.59 Å². The fourth-order valence-electron chi connectivity index (χ4n) is 2.96. The topological polar surface area (TPSA) is 105 Å². The van der Waals surface area contributed by atoms with Gasteiger partial charge in [-0.05, 0) is 56.2 Å². The van der Waals surface area contributed by atoms with E-state index in [-0.39, 0.29) is 5.41 Å². The summed E-state index contributed by atoms with van der Waals surface area (Å²) in [5.41, 5.74) is 2.71. The number of hydrogen-bond acceptors (Lipinski definition) is 5. The molecule has 0 aromatic heterocycles. The van der Waals surface area contributed by atoms with Crippen LogP contribution in [-0.2, 0) is 19.7 Å². The average Bonchev–Trinajstić information content (AvgIpc) is 3.15. The van der Waals surface area contributed by atoms with Gasteiger partial charge in [-0.15, -0.1) is 0 Å². The van der Waals surface area contributed by atoms with Crippen molar-refractivity contribution in [3.63, 3.8) is 0 Å². The molecule has 7 heteroatoms. The number of aliphatic carboxylic acids is 2. The smallest absolute Gasteiger partial charge is 0.414 e. The number of carboxylic acids is 2. The molecule has 1 atom stereocenters. The number of aryl methyl sites for hydroxylation is 1. The normalized spacial score (nSPS) is 16.1. The monoisotopic (exact) mass is 409 g/mol. The van der Waals surface area contributed by atoms with Gasteiger partial charge in [0.25, 0.3) is 0 Å². The van der Waals surface area contributed by atoms with Crippen LogP contribution < -0.4 is 10.1 Å². The third kappa shape index (κ3) is 10.3. The zero-order valence-electron chi connectivity index (χ0n) is 18.0. The van der Waals surface area contributed by atoms with E-state index >= 15 is 0 Å². The van der Waals surface area contributed by atoms with Crippen LogP contribution in [0.5, 0.6) is 5.75 Å². The number of carboxylic acid groups (broad SMARTS) is 2. The highest BCUT2D eigenvalue weighted by atomic mass is 16.5. The second-order valence-electron chi connectivity index (χ2n) is 8.25. The third-order valence-electron chi connectivity index (χ3n) is 4.53. The molecule has 0 spiro atoms. The molecule has 0 saturated carbocycles. The molecule has 1 aromatic rings. The van der Waals surface area contributed by atoms with E-state index < -0.39 is 11.9 Å². The first-order valence-electron chi connectivity index (χ1n) is 10.1. The lowest BCUT2D eigenvalue weighted by Gasteiger charge is -2.23. The van der Waals surface area contributed by atoms with Gasteiger partial charge in [-0.2, -0.15) is 0 Å². The van der Waals surface area contributed by atoms with E-state index in [0.717, 1.165) is 44.9 Å². The second-order valence-corrected chi connectivity index (χ2v) is 8.25. The van der Waals surface area contributed by atoms with Crippen molar-refractivity contribution in [2.24, 2.45) is 0 Å². The van der Waals surface area contributed by atoms with Crippen LogP contribution in [0.15, 0.2) is 18.2 Å². The van der Waals surface area contributed by atoms with Crippen molar-refractivity contribution in [2.45, 2.75) is 64.9 Å². The Morgan fingerprint density at radius 1 is 1.21 bits per heavy atom. The molecule has 0 bridgehead atoms. The molecular formula is C22H35NO6. The third-order valence-corrected chi connectivity index (χ3v) is 4.53. The molecule has 0 radical (unpaired) electrons. The maximum absolute atomic E-state index is 9.10. The van der Waals surface area contributed by atoms with E-state index in [0.29, 0.717) is 6.10 Å². The molecule has 164 valence electrons. The van der Waals surface area contributed by atoms with Crippen LogP contribution in [0.2, 0.25) is 0 Å². The Hall–Kier alpha value is -2.12. The van der Waals surface area contributed by atoms with Gasteiger partial charge in [0.15, 0.2) is 0 Å². The fourth-order valence-corrected chi connectivity index (χ4v) is 2.96. The van der Waals surface area contributed by atoms with Gasteiger partial charge in [0, 0.05) is 13.2 Å². The van der Waals surface area contributed by atoms with Gasteiger partial charge in [-0.1, -0.05) is 38.5 Å². The first-order valence-corrected chi connectivity index (χ1v) is 10.1. The number of carbonyl (C=O) groups is 2. The number of rotatable bonds is 8. The summed E-state index contributed by atoms with van der Waals surface area (Å²) in [5, 5.41) is 18.3. The number of unbranched alkanes of at least 4 members (excludes halogenated alkanes) is 1. The highest BCUT2D eigenvalue weighted by Gasteiger charge is 2.19. The quantitative estimate of drug-likeness (QED) is 0.446. The van der Waals surface area contributed by atoms with E-state index in [1.165, 1.54) is 24.0 Å². The molecular weight excluding hydrogens is 374 g/mol. The van der Waals surface area contributed by atoms with Gasteiger partial charge in [0.2, 0.25) is 0 Å². The summed E-state index contributed by atoms with van der Waals surface area (Å²) in [7, 11) is 0. The van der Waals surface area contributed by atoms with Crippen molar-refractivity contribution in [1.82, 2.24) is 5.32 Å². The fraction of sp³-hybridized carbons (Fsp3) is 0.636. The Morgan fingerprint density at radius 2 is 1.90 bits per heavy atom. The molecule has 2 rings (SSSR count). The molecule has 1 aliphatic heterocycles. The minimum atomic E-state index is -1.82. The zero-order chi connectivity index (χ0) is 21.9. The molecule has 3 N–H and O–H groups in total. The summed E-state index contributed by atoms with van der Waals surface area (Å²) in [6.45, 7) is 12.6. The number of nitrogens with one attached hydrogen (secondary N) is 1. The Morgan fingerprint density at radius 3 is 2.45 bits per heavy atom. The van der Waals surface area contributed by atoms with Crippen molar-refractivity contribution in [3.8, 4) is 5.75 Å². The first-order chi connectivity index (χ1) is 13.6. The number of benzene rings is 1. The van der Waals surface area contributed by atoms with E-state index in [9.17, 15) is 0 Å². The Kier molecular flexibility index (Phi) is 10.7. The van der Waals surface area contributed by atoms with E-state index in [1.54, 1.807) is 0 Å². The molecule has 1 heterocycles. The molecule has 1 fully saturated rings. The van der Waals surface area contributed by atoms with Gasteiger partial charge in [0.1, 0.15) is 5.75 Å². The van der Waals surface area contributed by atoms with E-state index in [2.05, 4.69) is 51.2 Å². The van der Waals surface area contributed by atoms with Crippen LogP contribution in [0.4, 0.5) is 0 Å². The summed E-state index contributed by atoms with van der Waals surface area (Å²) in [6, 6.07) is 6.50. The summed E-state index contributed by atoms with van der Waals surface area (Å²) < 4.78 is 11.7. The molecule has 1 aromatic carbocycles. The van der Waals surface area contributed by atoms with Gasteiger partial charge in [0.05, 0.1) is 12.7 Å². The van der Waals surface area contributed by atoms with Gasteiger partial charge in [-0.3, -0.25) is 0 Å². The predicted octanol–water partition coefficient (Wildman–Crippen LogP) is 3.38. The van der Waals surface area contributed by atoms with Crippen molar-refractivity contribution < 1.29 is 29.3 Å². The van der Waals surface area contributed by atoms with Gasteiger partial charge >= 0.3 is 11.9 Å². The largest absolute Gasteiger partial charge is 0.493 e. The maximum atomic E-state index is 9.10. The summed E-state index contributed by atoms with van der Waals surface area (Å²) >= 11 is 0. The minimum Gasteiger partial charge on any atom is -0.493 e. The lowest BCUT2D eigenvalue weighted by molar-refractivity contribution is -0.159. The van der Waals surface area contributed by atoms with E-state index in [1.807, 2.05) is 0 Å². The Labute approximate surface area is 173 Å². The van der Waals surface area contributed by atoms with Crippen molar-refractivity contribution in [3.05, 3.63) is 29.3 Å². The van der Waals surface area contributed by atoms with Crippen LogP contribution in [-0.4, -0.2) is 54.6 Å². The van der Waals surface area contributed by atoms with Crippen molar-refractivity contribution in [2.75, 3.05) is 26.3 Å². The highest BCUT2D eigenvalue weighted by Crippen LogP contribution is 2.32. The van der Waals surface area contributed by atoms with Gasteiger partial charge < -0.3 is 25.0 Å². The molecule has 7 nitrogen and oxygen atoms in total. The second kappa shape index (κ2) is 12.4. The lowest BCUT2D eigenvalue weighted by Crippen LogP contribution is -2.27. The van der Waals surface area contributed by atoms with Crippen LogP contribution >= 0.6 is 0 Å². The molecule has 1 saturated heterocycles. The molecule has 0 amide bonds. The molecule has 29 heavy (non-hydrogen) atoms. The maximum Gasteiger partial charge on any atom is 0.414 e. The first kappa shape index (κ1) is 24.9. The standard InChI is InChI=1S/C20H33NO2.C2H2O4/c1-16-9-10-19(18(14-16)20(2,3)4)23-12-6-5-11-21-15-17-8-7-13-22-17;3-1(4)2(5)6/h9-10,14,17,21H,5-8,11-13,15H2,1-4H3;(H,3,4)(H,5,6). The Balaban J connectivity index is 0.000000612. The number of ether oxygens (including phenoxy) is 2. The summed E-state index contributed by atoms with van der Waals surface area (Å²) in [6.07, 6.45) is 5.08. The average molecular weight is 410 g/mol. The highest BCUT2D eigenvalue weighted by molar-refractivity contribution is 6.27. The lowest BCUT2D eigenvalue weighted by atomic mass is 9.85. The minimum absolute atomic E-state index is 0.115.